The van der Waals surface area contributed by atoms with E-state index in [1.165, 1.54) is 0 Å². The molecule has 2 atom stereocenters. The molecule has 0 saturated carbocycles. The van der Waals surface area contributed by atoms with E-state index < -0.39 is 11.7 Å². The van der Waals surface area contributed by atoms with E-state index in [0.717, 1.165) is 0 Å². The lowest BCUT2D eigenvalue weighted by atomic mass is 10.1. The number of hydrogen-bond acceptors (Lipinski definition) is 6. The molecule has 2 unspecified atom stereocenters. The summed E-state index contributed by atoms with van der Waals surface area (Å²) in [4.78, 5) is 1.93. The van der Waals surface area contributed by atoms with Gasteiger partial charge >= 0.3 is 0 Å². The summed E-state index contributed by atoms with van der Waals surface area (Å²) in [5, 5.41) is 22.7. The van der Waals surface area contributed by atoms with Gasteiger partial charge in [-0.05, 0) is 27.9 Å². The van der Waals surface area contributed by atoms with Gasteiger partial charge in [-0.15, -0.1) is 0 Å². The van der Waals surface area contributed by atoms with Gasteiger partial charge in [0.2, 0.25) is 0 Å². The van der Waals surface area contributed by atoms with Crippen molar-refractivity contribution in [3.05, 3.63) is 0 Å². The van der Waals surface area contributed by atoms with Crippen LogP contribution in [0.25, 0.3) is 0 Å². The number of ether oxygens (including phenoxy) is 2. The van der Waals surface area contributed by atoms with Crippen LogP contribution in [0, 0.1) is 0 Å². The summed E-state index contributed by atoms with van der Waals surface area (Å²) >= 11 is 0. The maximum absolute atomic E-state index is 10.0. The van der Waals surface area contributed by atoms with Crippen LogP contribution in [-0.2, 0) is 9.47 Å². The fraction of sp³-hybridized carbons (Fsp3) is 1.00. The molecular weight excluding hydrogens is 248 g/mol. The molecule has 0 aliphatic heterocycles. The molecule has 0 rings (SSSR count). The molecule has 0 aromatic rings. The predicted octanol–water partition coefficient (Wildman–Crippen LogP) is -0.697. The number of aliphatic hydroxyl groups excluding tert-OH is 1. The number of aliphatic hydroxyl groups is 2. The highest BCUT2D eigenvalue weighted by Crippen LogP contribution is 2.02. The summed E-state index contributed by atoms with van der Waals surface area (Å²) in [5.41, 5.74) is -0.807. The van der Waals surface area contributed by atoms with Crippen molar-refractivity contribution in [2.75, 3.05) is 60.2 Å². The van der Waals surface area contributed by atoms with E-state index in [1.54, 1.807) is 6.92 Å². The minimum absolute atomic E-state index is 0.274. The van der Waals surface area contributed by atoms with Crippen molar-refractivity contribution in [3.63, 3.8) is 0 Å². The molecular formula is C13H30N2O4. The topological polar surface area (TPSA) is 74.2 Å². The summed E-state index contributed by atoms with van der Waals surface area (Å²) in [5.74, 6) is 0. The van der Waals surface area contributed by atoms with Crippen molar-refractivity contribution in [2.24, 2.45) is 0 Å². The lowest BCUT2D eigenvalue weighted by Crippen LogP contribution is -2.47. The third kappa shape index (κ3) is 12.5. The molecule has 0 bridgehead atoms. The average molecular weight is 278 g/mol. The van der Waals surface area contributed by atoms with Crippen molar-refractivity contribution in [1.82, 2.24) is 10.2 Å². The van der Waals surface area contributed by atoms with E-state index in [9.17, 15) is 10.2 Å². The molecule has 19 heavy (non-hydrogen) atoms. The molecule has 0 aliphatic carbocycles. The Hall–Kier alpha value is -0.240. The predicted molar refractivity (Wildman–Crippen MR) is 75.4 cm³/mol. The highest BCUT2D eigenvalue weighted by Gasteiger charge is 2.21. The smallest absolute Gasteiger partial charge is 0.0897 e. The van der Waals surface area contributed by atoms with Gasteiger partial charge < -0.3 is 29.9 Å². The fourth-order valence-corrected chi connectivity index (χ4v) is 1.79. The van der Waals surface area contributed by atoms with E-state index in [1.807, 2.05) is 25.9 Å². The zero-order chi connectivity index (χ0) is 14.7. The Balaban J connectivity index is 3.54. The molecule has 0 saturated heterocycles. The minimum atomic E-state index is -0.807. The van der Waals surface area contributed by atoms with Gasteiger partial charge in [0.1, 0.15) is 0 Å². The highest BCUT2D eigenvalue weighted by molar-refractivity contribution is 4.78. The zero-order valence-corrected chi connectivity index (χ0v) is 12.7. The normalized spacial score (nSPS) is 16.6. The molecule has 0 aromatic carbocycles. The van der Waals surface area contributed by atoms with Crippen LogP contribution in [0.3, 0.4) is 0 Å². The van der Waals surface area contributed by atoms with Crippen LogP contribution in [-0.4, -0.2) is 87.0 Å². The van der Waals surface area contributed by atoms with Crippen LogP contribution >= 0.6 is 0 Å². The maximum Gasteiger partial charge on any atom is 0.0897 e. The second-order valence-corrected chi connectivity index (χ2v) is 5.29. The van der Waals surface area contributed by atoms with Crippen LogP contribution in [0.5, 0.6) is 0 Å². The third-order valence-corrected chi connectivity index (χ3v) is 2.43. The quantitative estimate of drug-likeness (QED) is 0.410. The van der Waals surface area contributed by atoms with Gasteiger partial charge in [0.15, 0.2) is 0 Å². The van der Waals surface area contributed by atoms with Gasteiger partial charge in [0.05, 0.1) is 31.5 Å². The van der Waals surface area contributed by atoms with E-state index in [0.29, 0.717) is 39.5 Å². The van der Waals surface area contributed by atoms with Gasteiger partial charge in [-0.2, -0.15) is 0 Å². The van der Waals surface area contributed by atoms with Crippen molar-refractivity contribution < 1.29 is 19.7 Å². The Kier molecular flexibility index (Phi) is 10.4. The monoisotopic (exact) mass is 278 g/mol. The van der Waals surface area contributed by atoms with Crippen LogP contribution in [0.4, 0.5) is 0 Å². The van der Waals surface area contributed by atoms with Crippen LogP contribution in [0.15, 0.2) is 0 Å². The molecule has 6 nitrogen and oxygen atoms in total. The summed E-state index contributed by atoms with van der Waals surface area (Å²) in [7, 11) is 3.82. The number of nitrogens with one attached hydrogen (secondary N) is 1. The molecule has 0 amide bonds. The first-order valence-corrected chi connectivity index (χ1v) is 6.78. The molecule has 0 heterocycles. The van der Waals surface area contributed by atoms with Gasteiger partial charge in [0, 0.05) is 26.2 Å². The molecule has 0 aromatic heterocycles. The summed E-state index contributed by atoms with van der Waals surface area (Å²) in [6, 6.07) is 0. The van der Waals surface area contributed by atoms with E-state index in [2.05, 4.69) is 5.32 Å². The fourth-order valence-electron chi connectivity index (χ4n) is 1.79. The number of rotatable bonds is 12. The standard InChI is InChI=1S/C13H30N2O4/c1-5-18-6-7-19-9-12(16)8-14-10-13(2,17)11-15(3)4/h12,14,16-17H,5-11H2,1-4H3. The zero-order valence-electron chi connectivity index (χ0n) is 12.7. The Labute approximate surface area is 116 Å². The Bertz CT molecular complexity index is 213. The van der Waals surface area contributed by atoms with Crippen molar-refractivity contribution in [2.45, 2.75) is 25.6 Å². The number of nitrogens with zero attached hydrogens (tertiary/aromatic N) is 1. The van der Waals surface area contributed by atoms with Crippen molar-refractivity contribution >= 4 is 0 Å². The number of likely N-dealkylation sites (N-methyl/N-ethyl adjacent to an activating group) is 1. The highest BCUT2D eigenvalue weighted by atomic mass is 16.5. The summed E-state index contributed by atoms with van der Waals surface area (Å²) in [6.45, 7) is 7.09. The molecule has 116 valence electrons. The van der Waals surface area contributed by atoms with Gasteiger partial charge in [-0.3, -0.25) is 0 Å². The average Bonchev–Trinajstić information content (AvgIpc) is 2.26. The van der Waals surface area contributed by atoms with Crippen molar-refractivity contribution in [1.29, 1.82) is 0 Å². The molecule has 0 spiro atoms. The van der Waals surface area contributed by atoms with E-state index >= 15 is 0 Å². The molecule has 0 aliphatic rings. The van der Waals surface area contributed by atoms with Crippen LogP contribution in [0.2, 0.25) is 0 Å². The molecule has 0 radical (unpaired) electrons. The first kappa shape index (κ1) is 18.8. The third-order valence-electron chi connectivity index (χ3n) is 2.43. The van der Waals surface area contributed by atoms with Crippen molar-refractivity contribution in [3.8, 4) is 0 Å². The van der Waals surface area contributed by atoms with E-state index in [4.69, 9.17) is 9.47 Å². The minimum Gasteiger partial charge on any atom is -0.389 e. The van der Waals surface area contributed by atoms with Gasteiger partial charge in [-0.25, -0.2) is 0 Å². The first-order chi connectivity index (χ1) is 8.87. The lowest BCUT2D eigenvalue weighted by molar-refractivity contribution is 0.000732. The van der Waals surface area contributed by atoms with Gasteiger partial charge in [0.25, 0.3) is 0 Å². The maximum atomic E-state index is 10.0. The van der Waals surface area contributed by atoms with Gasteiger partial charge in [-0.1, -0.05) is 0 Å². The number of hydrogen-bond donors (Lipinski definition) is 3. The first-order valence-electron chi connectivity index (χ1n) is 6.78. The SMILES string of the molecule is CCOCCOCC(O)CNCC(C)(O)CN(C)C. The Morgan fingerprint density at radius 3 is 2.47 bits per heavy atom. The molecule has 3 N–H and O–H groups in total. The Morgan fingerprint density at radius 2 is 1.89 bits per heavy atom. The lowest BCUT2D eigenvalue weighted by Gasteiger charge is -2.27. The second-order valence-electron chi connectivity index (χ2n) is 5.29. The Morgan fingerprint density at radius 1 is 1.26 bits per heavy atom. The van der Waals surface area contributed by atoms with Crippen LogP contribution in [0.1, 0.15) is 13.8 Å². The summed E-state index contributed by atoms with van der Waals surface area (Å²) < 4.78 is 10.4. The van der Waals surface area contributed by atoms with E-state index in [-0.39, 0.29) is 6.61 Å². The second kappa shape index (κ2) is 10.5. The largest absolute Gasteiger partial charge is 0.389 e. The molecule has 6 heteroatoms. The molecule has 0 fully saturated rings. The summed E-state index contributed by atoms with van der Waals surface area (Å²) in [6.07, 6.45) is -0.572. The van der Waals surface area contributed by atoms with Crippen LogP contribution < -0.4 is 5.32 Å².